The lowest BCUT2D eigenvalue weighted by atomic mass is 10.00. The van der Waals surface area contributed by atoms with Crippen LogP contribution in [0.15, 0.2) is 11.4 Å². The number of nitrogens with one attached hydrogen (secondary N) is 2. The van der Waals surface area contributed by atoms with Gasteiger partial charge in [0.1, 0.15) is 10.6 Å². The molecule has 0 aromatic carbocycles. The first-order valence-corrected chi connectivity index (χ1v) is 7.06. The van der Waals surface area contributed by atoms with Gasteiger partial charge in [0.05, 0.1) is 0 Å². The van der Waals surface area contributed by atoms with Crippen molar-refractivity contribution in [3.63, 3.8) is 0 Å². The largest absolute Gasteiger partial charge is 0.433 e. The standard InChI is InChI=1S/C12H16F2N2O2S/c13-12(14)18-9-3-5-19-10(9)11(17)16-7-8-2-1-4-15-6-8/h3,5,8,12,15H,1-2,4,6-7H2,(H,16,17). The lowest BCUT2D eigenvalue weighted by Crippen LogP contribution is -2.38. The highest BCUT2D eigenvalue weighted by molar-refractivity contribution is 7.12. The molecule has 0 aliphatic carbocycles. The summed E-state index contributed by atoms with van der Waals surface area (Å²) in [6.07, 6.45) is 2.16. The molecule has 1 atom stereocenters. The minimum Gasteiger partial charge on any atom is -0.433 e. The molecule has 4 nitrogen and oxygen atoms in total. The SMILES string of the molecule is O=C(NCC1CCCNC1)c1sccc1OC(F)F. The first kappa shape index (κ1) is 14.2. The average Bonchev–Trinajstić information content (AvgIpc) is 2.84. The van der Waals surface area contributed by atoms with Crippen LogP contribution < -0.4 is 15.4 Å². The Morgan fingerprint density at radius 2 is 2.47 bits per heavy atom. The van der Waals surface area contributed by atoms with Gasteiger partial charge in [-0.1, -0.05) is 0 Å². The fourth-order valence-electron chi connectivity index (χ4n) is 2.07. The van der Waals surface area contributed by atoms with E-state index >= 15 is 0 Å². The first-order chi connectivity index (χ1) is 9.16. The molecule has 7 heteroatoms. The van der Waals surface area contributed by atoms with Crippen LogP contribution in [0.5, 0.6) is 5.75 Å². The smallest absolute Gasteiger partial charge is 0.387 e. The van der Waals surface area contributed by atoms with Gasteiger partial charge >= 0.3 is 6.61 Å². The van der Waals surface area contributed by atoms with Crippen LogP contribution >= 0.6 is 11.3 Å². The number of halogens is 2. The van der Waals surface area contributed by atoms with Crippen molar-refractivity contribution in [3.8, 4) is 5.75 Å². The van der Waals surface area contributed by atoms with Gasteiger partial charge in [0.25, 0.3) is 5.91 Å². The Labute approximate surface area is 114 Å². The zero-order chi connectivity index (χ0) is 13.7. The second-order valence-corrected chi connectivity index (χ2v) is 5.33. The van der Waals surface area contributed by atoms with Gasteiger partial charge in [0.2, 0.25) is 0 Å². The summed E-state index contributed by atoms with van der Waals surface area (Å²) in [6, 6.07) is 1.38. The number of alkyl halides is 2. The van der Waals surface area contributed by atoms with E-state index in [0.717, 1.165) is 37.3 Å². The van der Waals surface area contributed by atoms with Crippen LogP contribution in [0.25, 0.3) is 0 Å². The molecule has 1 aromatic heterocycles. The summed E-state index contributed by atoms with van der Waals surface area (Å²) in [5.74, 6) is -0.00683. The maximum absolute atomic E-state index is 12.2. The fraction of sp³-hybridized carbons (Fsp3) is 0.583. The van der Waals surface area contributed by atoms with Crippen molar-refractivity contribution in [3.05, 3.63) is 16.3 Å². The number of hydrogen-bond donors (Lipinski definition) is 2. The van der Waals surface area contributed by atoms with E-state index in [-0.39, 0.29) is 16.5 Å². The molecular weight excluding hydrogens is 274 g/mol. The van der Waals surface area contributed by atoms with Crippen molar-refractivity contribution in [1.82, 2.24) is 10.6 Å². The molecule has 1 aromatic rings. The molecule has 1 fully saturated rings. The Balaban J connectivity index is 1.87. The summed E-state index contributed by atoms with van der Waals surface area (Å²) in [5, 5.41) is 7.60. The summed E-state index contributed by atoms with van der Waals surface area (Å²) in [6.45, 7) is -0.464. The van der Waals surface area contributed by atoms with Crippen LogP contribution in [-0.2, 0) is 0 Å². The third-order valence-corrected chi connectivity index (χ3v) is 3.90. The van der Waals surface area contributed by atoms with Gasteiger partial charge in [0, 0.05) is 6.54 Å². The van der Waals surface area contributed by atoms with Crippen LogP contribution in [0, 0.1) is 5.92 Å². The molecule has 1 saturated heterocycles. The summed E-state index contributed by atoms with van der Waals surface area (Å²) >= 11 is 1.10. The monoisotopic (exact) mass is 290 g/mol. The van der Waals surface area contributed by atoms with Crippen molar-refractivity contribution >= 4 is 17.2 Å². The topological polar surface area (TPSA) is 50.4 Å². The molecule has 2 heterocycles. The average molecular weight is 290 g/mol. The number of ether oxygens (including phenoxy) is 1. The van der Waals surface area contributed by atoms with Gasteiger partial charge in [-0.2, -0.15) is 8.78 Å². The second-order valence-electron chi connectivity index (χ2n) is 4.41. The van der Waals surface area contributed by atoms with Gasteiger partial charge in [-0.05, 0) is 43.3 Å². The van der Waals surface area contributed by atoms with Crippen LogP contribution in [0.3, 0.4) is 0 Å². The summed E-state index contributed by atoms with van der Waals surface area (Å²) in [5.41, 5.74) is 0. The number of rotatable bonds is 5. The molecule has 1 amide bonds. The predicted octanol–water partition coefficient (Wildman–Crippen LogP) is 2.08. The molecular formula is C12H16F2N2O2S. The Hall–Kier alpha value is -1.21. The molecule has 1 unspecified atom stereocenters. The van der Waals surface area contributed by atoms with Crippen molar-refractivity contribution in [2.24, 2.45) is 5.92 Å². The van der Waals surface area contributed by atoms with E-state index in [2.05, 4.69) is 15.4 Å². The Morgan fingerprint density at radius 3 is 3.16 bits per heavy atom. The van der Waals surface area contributed by atoms with Crippen molar-refractivity contribution < 1.29 is 18.3 Å². The van der Waals surface area contributed by atoms with Gasteiger partial charge in [-0.15, -0.1) is 11.3 Å². The van der Waals surface area contributed by atoms with Crippen LogP contribution in [0.2, 0.25) is 0 Å². The minimum atomic E-state index is -2.91. The molecule has 0 bridgehead atoms. The second kappa shape index (κ2) is 6.81. The molecule has 0 saturated carbocycles. The van der Waals surface area contributed by atoms with E-state index in [9.17, 15) is 13.6 Å². The van der Waals surface area contributed by atoms with Gasteiger partial charge in [0.15, 0.2) is 0 Å². The lowest BCUT2D eigenvalue weighted by Gasteiger charge is -2.22. The zero-order valence-corrected chi connectivity index (χ0v) is 11.1. The van der Waals surface area contributed by atoms with E-state index in [0.29, 0.717) is 12.5 Å². The number of piperidine rings is 1. The number of carbonyl (C=O) groups excluding carboxylic acids is 1. The Morgan fingerprint density at radius 1 is 1.63 bits per heavy atom. The van der Waals surface area contributed by atoms with Crippen molar-refractivity contribution in [1.29, 1.82) is 0 Å². The van der Waals surface area contributed by atoms with Gasteiger partial charge < -0.3 is 15.4 Å². The summed E-state index contributed by atoms with van der Waals surface area (Å²) < 4.78 is 28.6. The number of hydrogen-bond acceptors (Lipinski definition) is 4. The van der Waals surface area contributed by atoms with Crippen LogP contribution in [0.1, 0.15) is 22.5 Å². The summed E-state index contributed by atoms with van der Waals surface area (Å²) in [7, 11) is 0. The van der Waals surface area contributed by atoms with Crippen molar-refractivity contribution in [2.45, 2.75) is 19.5 Å². The fourth-order valence-corrected chi connectivity index (χ4v) is 2.81. The highest BCUT2D eigenvalue weighted by Gasteiger charge is 2.19. The molecule has 1 aliphatic rings. The van der Waals surface area contributed by atoms with E-state index in [1.807, 2.05) is 0 Å². The molecule has 1 aliphatic heterocycles. The van der Waals surface area contributed by atoms with E-state index in [1.165, 1.54) is 6.07 Å². The van der Waals surface area contributed by atoms with Crippen LogP contribution in [-0.4, -0.2) is 32.2 Å². The predicted molar refractivity (Wildman–Crippen MR) is 68.9 cm³/mol. The zero-order valence-electron chi connectivity index (χ0n) is 10.3. The van der Waals surface area contributed by atoms with E-state index in [1.54, 1.807) is 5.38 Å². The highest BCUT2D eigenvalue weighted by Crippen LogP contribution is 2.26. The Kier molecular flexibility index (Phi) is 5.09. The minimum absolute atomic E-state index is 0.0562. The van der Waals surface area contributed by atoms with Crippen LogP contribution in [0.4, 0.5) is 8.78 Å². The van der Waals surface area contributed by atoms with E-state index < -0.39 is 6.61 Å². The quantitative estimate of drug-likeness (QED) is 0.873. The van der Waals surface area contributed by atoms with E-state index in [4.69, 9.17) is 0 Å². The first-order valence-electron chi connectivity index (χ1n) is 6.18. The molecule has 106 valence electrons. The third kappa shape index (κ3) is 4.14. The highest BCUT2D eigenvalue weighted by atomic mass is 32.1. The Bertz CT molecular complexity index is 420. The molecule has 2 rings (SSSR count). The maximum Gasteiger partial charge on any atom is 0.387 e. The van der Waals surface area contributed by atoms with Crippen molar-refractivity contribution in [2.75, 3.05) is 19.6 Å². The molecule has 2 N–H and O–H groups in total. The number of amides is 1. The summed E-state index contributed by atoms with van der Waals surface area (Å²) in [4.78, 5) is 12.1. The maximum atomic E-state index is 12.2. The molecule has 19 heavy (non-hydrogen) atoms. The third-order valence-electron chi connectivity index (χ3n) is 3.00. The van der Waals surface area contributed by atoms with Gasteiger partial charge in [-0.3, -0.25) is 4.79 Å². The molecule has 0 spiro atoms. The lowest BCUT2D eigenvalue weighted by molar-refractivity contribution is -0.0498. The number of carbonyl (C=O) groups is 1. The normalized spacial score (nSPS) is 19.4. The number of thiophene rings is 1. The van der Waals surface area contributed by atoms with Gasteiger partial charge in [-0.25, -0.2) is 0 Å². The molecule has 0 radical (unpaired) electrons.